The molecule has 1 atom stereocenters. The molecule has 0 radical (unpaired) electrons. The summed E-state index contributed by atoms with van der Waals surface area (Å²) in [5, 5.41) is 6.67. The van der Waals surface area contributed by atoms with E-state index in [0.717, 1.165) is 19.0 Å². The van der Waals surface area contributed by atoms with Gasteiger partial charge in [0.05, 0.1) is 24.1 Å². The molecule has 0 amide bonds. The lowest BCUT2D eigenvalue weighted by molar-refractivity contribution is 0.304. The van der Waals surface area contributed by atoms with Crippen LogP contribution in [-0.2, 0) is 9.84 Å². The summed E-state index contributed by atoms with van der Waals surface area (Å²) in [6, 6.07) is 10.4. The van der Waals surface area contributed by atoms with Crippen LogP contribution in [0.25, 0.3) is 0 Å². The molecule has 2 N–H and O–H groups in total. The molecular formula is C17H29IN4O2S. The number of nitrogens with one attached hydrogen (secondary N) is 2. The highest BCUT2D eigenvalue weighted by atomic mass is 127. The number of guanidine groups is 1. The molecule has 1 unspecified atom stereocenters. The zero-order chi connectivity index (χ0) is 17.4. The second-order valence-corrected chi connectivity index (χ2v) is 8.33. The second kappa shape index (κ2) is 11.0. The van der Waals surface area contributed by atoms with E-state index >= 15 is 0 Å². The van der Waals surface area contributed by atoms with Crippen LogP contribution in [0, 0.1) is 0 Å². The quantitative estimate of drug-likeness (QED) is 0.368. The largest absolute Gasteiger partial charge is 0.357 e. The molecule has 25 heavy (non-hydrogen) atoms. The van der Waals surface area contributed by atoms with E-state index in [0.29, 0.717) is 19.6 Å². The van der Waals surface area contributed by atoms with Crippen LogP contribution >= 0.6 is 24.0 Å². The predicted octanol–water partition coefficient (Wildman–Crippen LogP) is 1.65. The Morgan fingerprint density at radius 2 is 1.88 bits per heavy atom. The van der Waals surface area contributed by atoms with Crippen molar-refractivity contribution in [3.05, 3.63) is 35.9 Å². The fraction of sp³-hybridized carbons (Fsp3) is 0.588. The molecule has 0 spiro atoms. The van der Waals surface area contributed by atoms with Crippen LogP contribution in [0.4, 0.5) is 0 Å². The first-order valence-corrected chi connectivity index (χ1v) is 10.3. The molecule has 142 valence electrons. The molecule has 1 fully saturated rings. The van der Waals surface area contributed by atoms with Gasteiger partial charge in [0.2, 0.25) is 0 Å². The molecule has 1 aliphatic rings. The molecule has 2 rings (SSSR count). The number of hydrogen-bond acceptors (Lipinski definition) is 4. The van der Waals surface area contributed by atoms with Crippen molar-refractivity contribution in [2.75, 3.05) is 44.2 Å². The molecular weight excluding hydrogens is 451 g/mol. The van der Waals surface area contributed by atoms with Crippen molar-refractivity contribution in [2.24, 2.45) is 4.99 Å². The van der Waals surface area contributed by atoms with Gasteiger partial charge in [0.15, 0.2) is 15.8 Å². The Morgan fingerprint density at radius 3 is 2.48 bits per heavy atom. The second-order valence-electron chi connectivity index (χ2n) is 6.03. The molecule has 1 aliphatic heterocycles. The van der Waals surface area contributed by atoms with Gasteiger partial charge in [-0.2, -0.15) is 0 Å². The van der Waals surface area contributed by atoms with Gasteiger partial charge in [-0.25, -0.2) is 8.42 Å². The minimum Gasteiger partial charge on any atom is -0.357 e. The predicted molar refractivity (Wildman–Crippen MR) is 114 cm³/mol. The monoisotopic (exact) mass is 480 g/mol. The zero-order valence-electron chi connectivity index (χ0n) is 14.9. The Balaban J connectivity index is 0.00000312. The summed E-state index contributed by atoms with van der Waals surface area (Å²) in [5.41, 5.74) is 1.21. The number of hydrogen-bond donors (Lipinski definition) is 2. The first kappa shape index (κ1) is 22.2. The third kappa shape index (κ3) is 7.91. The first-order chi connectivity index (χ1) is 11.5. The Morgan fingerprint density at radius 1 is 1.24 bits per heavy atom. The molecule has 6 nitrogen and oxygen atoms in total. The first-order valence-electron chi connectivity index (χ1n) is 8.53. The van der Waals surface area contributed by atoms with Gasteiger partial charge in [-0.1, -0.05) is 30.3 Å². The maximum atomic E-state index is 11.4. The maximum Gasteiger partial charge on any atom is 0.191 e. The van der Waals surface area contributed by atoms with Crippen LogP contribution in [0.1, 0.15) is 25.5 Å². The molecule has 1 aromatic rings. The van der Waals surface area contributed by atoms with Gasteiger partial charge < -0.3 is 10.6 Å². The molecule has 1 heterocycles. The minimum atomic E-state index is -2.81. The summed E-state index contributed by atoms with van der Waals surface area (Å²) < 4.78 is 22.9. The Kier molecular flexibility index (Phi) is 9.73. The lowest BCUT2D eigenvalue weighted by atomic mass is 10.1. The van der Waals surface area contributed by atoms with Gasteiger partial charge in [-0.05, 0) is 19.4 Å². The standard InChI is InChI=1S/C17H28N4O2S.HI/c1-3-18-17(20-15(2)16-7-5-4-6-8-16)19-9-10-21-11-13-24(22,23)14-12-21;/h4-8,15H,3,9-14H2,1-2H3,(H2,18,19,20);1H. The van der Waals surface area contributed by atoms with Crippen molar-refractivity contribution < 1.29 is 8.42 Å². The SMILES string of the molecule is CCNC(=NCCN1CCS(=O)(=O)CC1)NC(C)c1ccccc1.I. The fourth-order valence-electron chi connectivity index (χ4n) is 2.63. The molecule has 1 saturated heterocycles. The van der Waals surface area contributed by atoms with E-state index in [4.69, 9.17) is 0 Å². The van der Waals surface area contributed by atoms with Crippen molar-refractivity contribution in [1.82, 2.24) is 15.5 Å². The van der Waals surface area contributed by atoms with E-state index in [1.54, 1.807) is 0 Å². The lowest BCUT2D eigenvalue weighted by Crippen LogP contribution is -2.42. The van der Waals surface area contributed by atoms with Crippen molar-refractivity contribution in [2.45, 2.75) is 19.9 Å². The highest BCUT2D eigenvalue weighted by molar-refractivity contribution is 14.0. The van der Waals surface area contributed by atoms with E-state index in [1.807, 2.05) is 25.1 Å². The number of benzene rings is 1. The van der Waals surface area contributed by atoms with E-state index < -0.39 is 9.84 Å². The van der Waals surface area contributed by atoms with Gasteiger partial charge in [0.1, 0.15) is 0 Å². The van der Waals surface area contributed by atoms with Gasteiger partial charge >= 0.3 is 0 Å². The van der Waals surface area contributed by atoms with E-state index in [2.05, 4.69) is 39.6 Å². The molecule has 8 heteroatoms. The molecule has 0 saturated carbocycles. The minimum absolute atomic E-state index is 0. The van der Waals surface area contributed by atoms with Gasteiger partial charge in [-0.15, -0.1) is 24.0 Å². The Bertz CT molecular complexity index is 623. The topological polar surface area (TPSA) is 73.8 Å². The summed E-state index contributed by atoms with van der Waals surface area (Å²) in [4.78, 5) is 6.77. The normalized spacial score (nSPS) is 18.9. The molecule has 0 aromatic heterocycles. The summed E-state index contributed by atoms with van der Waals surface area (Å²) in [6.45, 7) is 7.61. The number of halogens is 1. The third-order valence-corrected chi connectivity index (χ3v) is 5.73. The van der Waals surface area contributed by atoms with Crippen molar-refractivity contribution in [3.8, 4) is 0 Å². The van der Waals surface area contributed by atoms with Crippen LogP contribution in [0.3, 0.4) is 0 Å². The van der Waals surface area contributed by atoms with Gasteiger partial charge in [0, 0.05) is 26.2 Å². The van der Waals surface area contributed by atoms with Crippen molar-refractivity contribution >= 4 is 39.8 Å². The average molecular weight is 480 g/mol. The summed E-state index contributed by atoms with van der Waals surface area (Å²) in [5.74, 6) is 1.32. The third-order valence-electron chi connectivity index (χ3n) is 4.12. The maximum absolute atomic E-state index is 11.4. The molecule has 1 aromatic carbocycles. The smallest absolute Gasteiger partial charge is 0.191 e. The van der Waals surface area contributed by atoms with Crippen LogP contribution < -0.4 is 10.6 Å². The van der Waals surface area contributed by atoms with E-state index in [9.17, 15) is 8.42 Å². The van der Waals surface area contributed by atoms with Crippen LogP contribution in [0.2, 0.25) is 0 Å². The average Bonchev–Trinajstić information content (AvgIpc) is 2.57. The van der Waals surface area contributed by atoms with Crippen LogP contribution in [0.5, 0.6) is 0 Å². The number of rotatable bonds is 6. The number of nitrogens with zero attached hydrogens (tertiary/aromatic N) is 2. The van der Waals surface area contributed by atoms with Crippen molar-refractivity contribution in [1.29, 1.82) is 0 Å². The highest BCUT2D eigenvalue weighted by Crippen LogP contribution is 2.10. The van der Waals surface area contributed by atoms with E-state index in [1.165, 1.54) is 5.56 Å². The van der Waals surface area contributed by atoms with Crippen LogP contribution in [0.15, 0.2) is 35.3 Å². The Labute approximate surface area is 168 Å². The fourth-order valence-corrected chi connectivity index (χ4v) is 3.90. The number of sulfone groups is 1. The van der Waals surface area contributed by atoms with Gasteiger partial charge in [0.25, 0.3) is 0 Å². The number of aliphatic imine (C=N–C) groups is 1. The summed E-state index contributed by atoms with van der Waals surface area (Å²) in [6.07, 6.45) is 0. The summed E-state index contributed by atoms with van der Waals surface area (Å²) in [7, 11) is -2.81. The lowest BCUT2D eigenvalue weighted by Gasteiger charge is -2.26. The Hall–Kier alpha value is -0.870. The van der Waals surface area contributed by atoms with Crippen LogP contribution in [-0.4, -0.2) is 63.5 Å². The van der Waals surface area contributed by atoms with E-state index in [-0.39, 0.29) is 41.5 Å². The highest BCUT2D eigenvalue weighted by Gasteiger charge is 2.20. The summed E-state index contributed by atoms with van der Waals surface area (Å²) >= 11 is 0. The van der Waals surface area contributed by atoms with Crippen molar-refractivity contribution in [3.63, 3.8) is 0 Å². The molecule has 0 aliphatic carbocycles. The zero-order valence-corrected chi connectivity index (χ0v) is 18.1. The van der Waals surface area contributed by atoms with Gasteiger partial charge in [-0.3, -0.25) is 9.89 Å². The molecule has 0 bridgehead atoms.